The van der Waals surface area contributed by atoms with E-state index in [0.29, 0.717) is 12.3 Å². The normalized spacial score (nSPS) is 11.0. The summed E-state index contributed by atoms with van der Waals surface area (Å²) >= 11 is 6.29. The molecule has 0 bridgehead atoms. The SMILES string of the molecule is COc1ccc(N(CC(=O)Nc2ccccc2C(=O)NCc2ccccc2)S(=O)(=O)c2ccc(C)cc2)cc1Cl. The maximum atomic E-state index is 13.7. The van der Waals surface area contributed by atoms with Crippen LogP contribution in [0.1, 0.15) is 21.5 Å². The number of rotatable bonds is 10. The first-order chi connectivity index (χ1) is 19.2. The van der Waals surface area contributed by atoms with Gasteiger partial charge in [-0.2, -0.15) is 0 Å². The molecule has 4 aromatic rings. The molecule has 0 unspecified atom stereocenters. The predicted molar refractivity (Wildman–Crippen MR) is 156 cm³/mol. The first kappa shape index (κ1) is 28.7. The quantitative estimate of drug-likeness (QED) is 0.262. The summed E-state index contributed by atoms with van der Waals surface area (Å²) in [5.41, 5.74) is 2.48. The highest BCUT2D eigenvalue weighted by molar-refractivity contribution is 7.92. The van der Waals surface area contributed by atoms with Crippen LogP contribution in [0.3, 0.4) is 0 Å². The van der Waals surface area contributed by atoms with Crippen molar-refractivity contribution in [2.24, 2.45) is 0 Å². The molecule has 4 aromatic carbocycles. The molecular formula is C30H28ClN3O5S. The molecule has 4 rings (SSSR count). The zero-order valence-electron chi connectivity index (χ0n) is 21.9. The van der Waals surface area contributed by atoms with Crippen molar-refractivity contribution in [1.29, 1.82) is 0 Å². The first-order valence-corrected chi connectivity index (χ1v) is 14.1. The largest absolute Gasteiger partial charge is 0.495 e. The number of carbonyl (C=O) groups excluding carboxylic acids is 2. The van der Waals surface area contributed by atoms with E-state index >= 15 is 0 Å². The minimum Gasteiger partial charge on any atom is -0.495 e. The number of hydrogen-bond acceptors (Lipinski definition) is 5. The molecule has 0 radical (unpaired) electrons. The highest BCUT2D eigenvalue weighted by atomic mass is 35.5. The molecule has 8 nitrogen and oxygen atoms in total. The summed E-state index contributed by atoms with van der Waals surface area (Å²) in [7, 11) is -2.72. The summed E-state index contributed by atoms with van der Waals surface area (Å²) in [6.07, 6.45) is 0. The number of aryl methyl sites for hydroxylation is 1. The average Bonchev–Trinajstić information content (AvgIpc) is 2.95. The average molecular weight is 578 g/mol. The van der Waals surface area contributed by atoms with Gasteiger partial charge in [-0.3, -0.25) is 13.9 Å². The highest BCUT2D eigenvalue weighted by Gasteiger charge is 2.28. The minimum absolute atomic E-state index is 0.0125. The zero-order valence-corrected chi connectivity index (χ0v) is 23.5. The summed E-state index contributed by atoms with van der Waals surface area (Å²) in [5.74, 6) is -0.672. The van der Waals surface area contributed by atoms with Crippen molar-refractivity contribution in [1.82, 2.24) is 5.32 Å². The molecule has 0 aliphatic heterocycles. The lowest BCUT2D eigenvalue weighted by Gasteiger charge is -2.25. The van der Waals surface area contributed by atoms with E-state index in [2.05, 4.69) is 10.6 Å². The minimum atomic E-state index is -4.17. The lowest BCUT2D eigenvalue weighted by Crippen LogP contribution is -2.38. The van der Waals surface area contributed by atoms with Crippen molar-refractivity contribution in [3.63, 3.8) is 0 Å². The van der Waals surface area contributed by atoms with E-state index in [9.17, 15) is 18.0 Å². The molecule has 0 saturated carbocycles. The monoisotopic (exact) mass is 577 g/mol. The molecular weight excluding hydrogens is 550 g/mol. The van der Waals surface area contributed by atoms with Gasteiger partial charge < -0.3 is 15.4 Å². The third-order valence-electron chi connectivity index (χ3n) is 6.06. The van der Waals surface area contributed by atoms with Crippen molar-refractivity contribution in [2.45, 2.75) is 18.4 Å². The van der Waals surface area contributed by atoms with Crippen LogP contribution in [0.25, 0.3) is 0 Å². The predicted octanol–water partition coefficient (Wildman–Crippen LogP) is 5.42. The second-order valence-corrected chi connectivity index (χ2v) is 11.2. The molecule has 10 heteroatoms. The molecule has 2 N–H and O–H groups in total. The second-order valence-electron chi connectivity index (χ2n) is 8.91. The van der Waals surface area contributed by atoms with Gasteiger partial charge >= 0.3 is 0 Å². The number of hydrogen-bond donors (Lipinski definition) is 2. The number of nitrogens with zero attached hydrogens (tertiary/aromatic N) is 1. The van der Waals surface area contributed by atoms with Crippen LogP contribution in [0.5, 0.6) is 5.75 Å². The van der Waals surface area contributed by atoms with Gasteiger partial charge in [-0.15, -0.1) is 0 Å². The first-order valence-electron chi connectivity index (χ1n) is 12.3. The molecule has 0 heterocycles. The Morgan fingerprint density at radius 2 is 1.57 bits per heavy atom. The van der Waals surface area contributed by atoms with Crippen molar-refractivity contribution in [2.75, 3.05) is 23.3 Å². The van der Waals surface area contributed by atoms with Gasteiger partial charge in [-0.1, -0.05) is 71.8 Å². The molecule has 2 amide bonds. The van der Waals surface area contributed by atoms with Gasteiger partial charge in [0.05, 0.1) is 34.0 Å². The fourth-order valence-corrected chi connectivity index (χ4v) is 5.61. The van der Waals surface area contributed by atoms with Gasteiger partial charge in [0.2, 0.25) is 5.91 Å². The van der Waals surface area contributed by atoms with Crippen molar-refractivity contribution in [3.8, 4) is 5.75 Å². The lowest BCUT2D eigenvalue weighted by molar-refractivity contribution is -0.114. The van der Waals surface area contributed by atoms with Gasteiger partial charge in [-0.05, 0) is 55.0 Å². The van der Waals surface area contributed by atoms with E-state index in [1.54, 1.807) is 36.4 Å². The number of carbonyl (C=O) groups is 2. The van der Waals surface area contributed by atoms with Gasteiger partial charge in [0.1, 0.15) is 12.3 Å². The van der Waals surface area contributed by atoms with Crippen LogP contribution in [0.4, 0.5) is 11.4 Å². The van der Waals surface area contributed by atoms with Crippen molar-refractivity contribution < 1.29 is 22.7 Å². The van der Waals surface area contributed by atoms with Crippen LogP contribution >= 0.6 is 11.6 Å². The summed E-state index contributed by atoms with van der Waals surface area (Å²) in [6, 6.07) is 26.7. The Morgan fingerprint density at radius 1 is 0.900 bits per heavy atom. The van der Waals surface area contributed by atoms with E-state index in [4.69, 9.17) is 16.3 Å². The third kappa shape index (κ3) is 6.80. The summed E-state index contributed by atoms with van der Waals surface area (Å²) in [6.45, 7) is 1.58. The number of para-hydroxylation sites is 1. The maximum Gasteiger partial charge on any atom is 0.264 e. The fourth-order valence-electron chi connectivity index (χ4n) is 3.95. The fraction of sp³-hybridized carbons (Fsp3) is 0.133. The topological polar surface area (TPSA) is 105 Å². The molecule has 0 aromatic heterocycles. The van der Waals surface area contributed by atoms with Gasteiger partial charge in [0.15, 0.2) is 0 Å². The van der Waals surface area contributed by atoms with E-state index in [0.717, 1.165) is 15.4 Å². The zero-order chi connectivity index (χ0) is 28.7. The molecule has 40 heavy (non-hydrogen) atoms. The van der Waals surface area contributed by atoms with Gasteiger partial charge in [0, 0.05) is 6.54 Å². The molecule has 0 saturated heterocycles. The number of sulfonamides is 1. The standard InChI is InChI=1S/C30H28ClN3O5S/c1-21-12-15-24(16-13-21)40(37,38)34(23-14-17-28(39-2)26(31)18-23)20-29(35)33-27-11-7-6-10-25(27)30(36)32-19-22-8-4-3-5-9-22/h3-18H,19-20H2,1-2H3,(H,32,36)(H,33,35). The van der Waals surface area contributed by atoms with Crippen LogP contribution in [0, 0.1) is 6.92 Å². The van der Waals surface area contributed by atoms with Crippen LogP contribution in [0.2, 0.25) is 5.02 Å². The number of halogens is 1. The maximum absolute atomic E-state index is 13.7. The number of ether oxygens (including phenoxy) is 1. The molecule has 0 spiro atoms. The van der Waals surface area contributed by atoms with Crippen molar-refractivity contribution in [3.05, 3.63) is 119 Å². The van der Waals surface area contributed by atoms with E-state index in [1.165, 1.54) is 37.4 Å². The lowest BCUT2D eigenvalue weighted by atomic mass is 10.1. The van der Waals surface area contributed by atoms with E-state index in [1.807, 2.05) is 37.3 Å². The van der Waals surface area contributed by atoms with E-state index in [-0.39, 0.29) is 32.8 Å². The number of methoxy groups -OCH3 is 1. The summed E-state index contributed by atoms with van der Waals surface area (Å²) < 4.78 is 33.6. The Bertz CT molecular complexity index is 1610. The Balaban J connectivity index is 1.59. The Kier molecular flexibility index (Phi) is 9.08. The summed E-state index contributed by atoms with van der Waals surface area (Å²) in [5, 5.41) is 5.72. The molecule has 0 atom stereocenters. The Morgan fingerprint density at radius 3 is 2.25 bits per heavy atom. The van der Waals surface area contributed by atoms with Gasteiger partial charge in [-0.25, -0.2) is 8.42 Å². The second kappa shape index (κ2) is 12.7. The highest BCUT2D eigenvalue weighted by Crippen LogP contribution is 2.32. The molecule has 0 aliphatic carbocycles. The third-order valence-corrected chi connectivity index (χ3v) is 8.14. The van der Waals surface area contributed by atoms with Gasteiger partial charge in [0.25, 0.3) is 15.9 Å². The number of nitrogens with one attached hydrogen (secondary N) is 2. The van der Waals surface area contributed by atoms with Crippen LogP contribution < -0.4 is 19.7 Å². The van der Waals surface area contributed by atoms with Crippen molar-refractivity contribution >= 4 is 44.8 Å². The van der Waals surface area contributed by atoms with Crippen LogP contribution in [0.15, 0.2) is 102 Å². The molecule has 0 fully saturated rings. The van der Waals surface area contributed by atoms with E-state index < -0.39 is 22.5 Å². The summed E-state index contributed by atoms with van der Waals surface area (Å²) in [4.78, 5) is 26.2. The Labute approximate surface area is 238 Å². The van der Waals surface area contributed by atoms with Crippen LogP contribution in [-0.2, 0) is 21.4 Å². The Hall–Kier alpha value is -4.34. The van der Waals surface area contributed by atoms with Crippen LogP contribution in [-0.4, -0.2) is 33.9 Å². The number of amides is 2. The number of anilines is 2. The smallest absolute Gasteiger partial charge is 0.264 e. The molecule has 0 aliphatic rings. The number of benzene rings is 4. The molecule has 206 valence electrons.